The fourth-order valence-corrected chi connectivity index (χ4v) is 6.75. The van der Waals surface area contributed by atoms with E-state index >= 15 is 0 Å². The lowest BCUT2D eigenvalue weighted by molar-refractivity contribution is -0.148. The predicted octanol–water partition coefficient (Wildman–Crippen LogP) is 1.11. The molecule has 0 aromatic heterocycles. The minimum Gasteiger partial charge on any atom is -0.510 e. The number of rotatable bonds is 4. The number of benzene rings is 1. The molecule has 1 amide bonds. The summed E-state index contributed by atoms with van der Waals surface area (Å²) >= 11 is 0. The number of phenolic OH excluding ortho intramolecular Hbond substituents is 1. The maximum Gasteiger partial charge on any atom is 0.255 e. The number of aliphatic hydroxyl groups excluding tert-OH is 2. The van der Waals surface area contributed by atoms with Crippen LogP contribution in [0.4, 0.5) is 0 Å². The number of likely N-dealkylation sites (N-methyl/N-ethyl adjacent to an activating group) is 1. The van der Waals surface area contributed by atoms with Crippen LogP contribution in [0.2, 0.25) is 0 Å². The number of ketones is 2. The van der Waals surface area contributed by atoms with Crippen molar-refractivity contribution < 1.29 is 34.8 Å². The summed E-state index contributed by atoms with van der Waals surface area (Å²) in [6.07, 6.45) is 3.70. The van der Waals surface area contributed by atoms with Crippen molar-refractivity contribution in [2.45, 2.75) is 50.3 Å². The van der Waals surface area contributed by atoms with Crippen molar-refractivity contribution in [1.82, 2.24) is 9.80 Å². The van der Waals surface area contributed by atoms with Gasteiger partial charge in [0.25, 0.3) is 5.91 Å². The molecule has 5 rings (SSSR count). The van der Waals surface area contributed by atoms with Crippen molar-refractivity contribution >= 4 is 17.5 Å². The summed E-state index contributed by atoms with van der Waals surface area (Å²) in [4.78, 5) is 42.9. The number of carbonyl (C=O) groups excluding carboxylic acids is 3. The Morgan fingerprint density at radius 2 is 1.81 bits per heavy atom. The van der Waals surface area contributed by atoms with Gasteiger partial charge >= 0.3 is 0 Å². The number of piperidine rings is 1. The number of phenols is 1. The zero-order valence-electron chi connectivity index (χ0n) is 21.0. The predicted molar refractivity (Wildman–Crippen MR) is 133 cm³/mol. The molecule has 0 bridgehead atoms. The van der Waals surface area contributed by atoms with E-state index in [2.05, 4.69) is 4.90 Å². The van der Waals surface area contributed by atoms with Gasteiger partial charge in [-0.1, -0.05) is 18.6 Å². The monoisotopic (exact) mass is 511 g/mol. The summed E-state index contributed by atoms with van der Waals surface area (Å²) in [6, 6.07) is 2.65. The molecule has 0 radical (unpaired) electrons. The number of allylic oxidation sites excluding steroid dienone is 1. The lowest BCUT2D eigenvalue weighted by atomic mass is 9.58. The van der Waals surface area contributed by atoms with E-state index < -0.39 is 58.0 Å². The van der Waals surface area contributed by atoms with Crippen LogP contribution in [0.3, 0.4) is 0 Å². The number of carbonyl (C=O) groups is 3. The summed E-state index contributed by atoms with van der Waals surface area (Å²) in [5, 5.41) is 45.0. The second-order valence-electron chi connectivity index (χ2n) is 10.9. The topological polar surface area (TPSA) is 165 Å². The van der Waals surface area contributed by atoms with Crippen LogP contribution in [0, 0.1) is 11.8 Å². The Labute approximate surface area is 214 Å². The van der Waals surface area contributed by atoms with Gasteiger partial charge in [-0.25, -0.2) is 0 Å². The molecule has 10 nitrogen and oxygen atoms in total. The number of likely N-dealkylation sites (tertiary alicyclic amines) is 1. The molecule has 1 aliphatic heterocycles. The molecular formula is C27H33N3O7. The molecule has 198 valence electrons. The van der Waals surface area contributed by atoms with E-state index in [0.717, 1.165) is 25.9 Å². The van der Waals surface area contributed by atoms with Gasteiger partial charge in [0.15, 0.2) is 11.4 Å². The first-order valence-electron chi connectivity index (χ1n) is 12.7. The Bertz CT molecular complexity index is 1260. The number of Topliss-reactive ketones (excluding diaryl/α,β-unsaturated/α-hetero) is 2. The number of hydrogen-bond donors (Lipinski definition) is 5. The van der Waals surface area contributed by atoms with E-state index in [9.17, 15) is 34.8 Å². The first-order valence-corrected chi connectivity index (χ1v) is 12.7. The molecule has 4 unspecified atom stereocenters. The lowest BCUT2D eigenvalue weighted by Gasteiger charge is -2.50. The minimum absolute atomic E-state index is 0.0651. The SMILES string of the molecule is CN(C)C1C(O)=C(C(N)=O)C(=O)C2(O)C(O)=C3C(=O)c4c(ccc(CN5CCCCC5)c4O)CC3CC12. The highest BCUT2D eigenvalue weighted by Gasteiger charge is 2.63. The quantitative estimate of drug-likeness (QED) is 0.372. The van der Waals surface area contributed by atoms with Crippen LogP contribution in [0.1, 0.15) is 47.2 Å². The first-order chi connectivity index (χ1) is 17.5. The summed E-state index contributed by atoms with van der Waals surface area (Å²) in [5.41, 5.74) is 3.10. The van der Waals surface area contributed by atoms with E-state index in [-0.39, 0.29) is 23.3 Å². The summed E-state index contributed by atoms with van der Waals surface area (Å²) in [5.74, 6) is -6.26. The van der Waals surface area contributed by atoms with Crippen molar-refractivity contribution in [2.24, 2.45) is 17.6 Å². The molecule has 0 spiro atoms. The third-order valence-electron chi connectivity index (χ3n) is 8.52. The van der Waals surface area contributed by atoms with Crippen molar-refractivity contribution in [1.29, 1.82) is 0 Å². The smallest absolute Gasteiger partial charge is 0.255 e. The van der Waals surface area contributed by atoms with E-state index in [4.69, 9.17) is 5.73 Å². The van der Waals surface area contributed by atoms with Gasteiger partial charge < -0.3 is 26.2 Å². The van der Waals surface area contributed by atoms with Crippen molar-refractivity contribution in [3.05, 3.63) is 51.5 Å². The summed E-state index contributed by atoms with van der Waals surface area (Å²) < 4.78 is 0. The molecule has 0 saturated carbocycles. The van der Waals surface area contributed by atoms with Crippen LogP contribution >= 0.6 is 0 Å². The van der Waals surface area contributed by atoms with Gasteiger partial charge in [-0.2, -0.15) is 0 Å². The van der Waals surface area contributed by atoms with Crippen LogP contribution in [-0.4, -0.2) is 86.5 Å². The minimum atomic E-state index is -2.62. The molecule has 1 aromatic carbocycles. The van der Waals surface area contributed by atoms with Gasteiger partial charge in [0.2, 0.25) is 5.78 Å². The number of nitrogens with two attached hydrogens (primary N) is 1. The van der Waals surface area contributed by atoms with Crippen LogP contribution in [0.15, 0.2) is 34.8 Å². The number of aromatic hydroxyl groups is 1. The Kier molecular flexibility index (Phi) is 6.17. The number of nitrogens with zero attached hydrogens (tertiary/aromatic N) is 2. The van der Waals surface area contributed by atoms with E-state index in [1.54, 1.807) is 14.1 Å². The van der Waals surface area contributed by atoms with Crippen molar-refractivity contribution in [3.63, 3.8) is 0 Å². The molecule has 6 N–H and O–H groups in total. The van der Waals surface area contributed by atoms with E-state index in [1.807, 2.05) is 12.1 Å². The molecule has 1 saturated heterocycles. The third kappa shape index (κ3) is 3.69. The number of hydrogen-bond acceptors (Lipinski definition) is 9. The van der Waals surface area contributed by atoms with Gasteiger partial charge in [-0.3, -0.25) is 24.2 Å². The highest BCUT2D eigenvalue weighted by Crippen LogP contribution is 2.52. The number of amides is 1. The van der Waals surface area contributed by atoms with E-state index in [0.29, 0.717) is 24.1 Å². The molecule has 3 aliphatic carbocycles. The van der Waals surface area contributed by atoms with E-state index in [1.165, 1.54) is 11.3 Å². The number of aliphatic hydroxyl groups is 3. The molecule has 1 heterocycles. The van der Waals surface area contributed by atoms with Crippen LogP contribution in [-0.2, 0) is 22.6 Å². The molecule has 1 aromatic rings. The molecule has 37 heavy (non-hydrogen) atoms. The first kappa shape index (κ1) is 25.4. The van der Waals surface area contributed by atoms with Gasteiger partial charge in [0.1, 0.15) is 22.8 Å². The molecule has 4 aliphatic rings. The molecule has 4 atom stereocenters. The fraction of sp³-hybridized carbons (Fsp3) is 0.519. The number of primary amides is 1. The number of fused-ring (bicyclic) bond motifs is 3. The third-order valence-corrected chi connectivity index (χ3v) is 8.52. The average Bonchev–Trinajstić information content (AvgIpc) is 2.83. The standard InChI is InChI=1S/C27H33N3O7/c1-29(2)20-16-11-15-10-13-6-7-14(12-30-8-4-3-5-9-30)21(31)17(13)22(32)18(15)24(34)27(16,37)25(35)19(23(20)33)26(28)36/h6-7,15-16,20,31,33-34,37H,3-5,8-12H2,1-2H3,(H2,28,36). The van der Waals surface area contributed by atoms with Crippen molar-refractivity contribution in [3.8, 4) is 5.75 Å². The molecular weight excluding hydrogens is 478 g/mol. The van der Waals surface area contributed by atoms with Gasteiger partial charge in [-0.15, -0.1) is 0 Å². The van der Waals surface area contributed by atoms with Gasteiger partial charge in [0, 0.05) is 23.6 Å². The molecule has 1 fully saturated rings. The second kappa shape index (κ2) is 8.97. The van der Waals surface area contributed by atoms with Crippen LogP contribution in [0.25, 0.3) is 0 Å². The average molecular weight is 512 g/mol. The van der Waals surface area contributed by atoms with Crippen LogP contribution in [0.5, 0.6) is 5.75 Å². The Morgan fingerprint density at radius 3 is 2.43 bits per heavy atom. The maximum absolute atomic E-state index is 13.8. The Morgan fingerprint density at radius 1 is 1.14 bits per heavy atom. The van der Waals surface area contributed by atoms with Crippen LogP contribution < -0.4 is 5.73 Å². The highest BCUT2D eigenvalue weighted by atomic mass is 16.3. The fourth-order valence-electron chi connectivity index (χ4n) is 6.75. The Hall–Kier alpha value is -3.21. The highest BCUT2D eigenvalue weighted by molar-refractivity contribution is 6.24. The second-order valence-corrected chi connectivity index (χ2v) is 10.9. The zero-order valence-corrected chi connectivity index (χ0v) is 21.0. The Balaban J connectivity index is 1.60. The zero-order chi connectivity index (χ0) is 26.8. The summed E-state index contributed by atoms with van der Waals surface area (Å²) in [7, 11) is 3.21. The lowest BCUT2D eigenvalue weighted by Crippen LogP contribution is -2.63. The largest absolute Gasteiger partial charge is 0.510 e. The van der Waals surface area contributed by atoms with Gasteiger partial charge in [0.05, 0.1) is 11.6 Å². The van der Waals surface area contributed by atoms with Gasteiger partial charge in [-0.05, 0) is 64.3 Å². The maximum atomic E-state index is 13.8. The normalized spacial score (nSPS) is 30.3. The van der Waals surface area contributed by atoms with Crippen molar-refractivity contribution in [2.75, 3.05) is 27.2 Å². The summed E-state index contributed by atoms with van der Waals surface area (Å²) in [6.45, 7) is 2.30. The molecule has 10 heteroatoms.